The minimum absolute atomic E-state index is 0.0506. The topological polar surface area (TPSA) is 93.7 Å². The van der Waals surface area contributed by atoms with E-state index in [2.05, 4.69) is 16.0 Å². The Kier molecular flexibility index (Phi) is 9.46. The highest BCUT2D eigenvalue weighted by atomic mass is 19.1. The lowest BCUT2D eigenvalue weighted by atomic mass is 10.00. The molecule has 0 bridgehead atoms. The SMILES string of the molecule is CCNc1cc(C(=O)N[C@@H](Cc2ccccc2)[C@H](O)CNCc2ccc(F)cc2)cc(N2CCCC2=O)c1. The lowest BCUT2D eigenvalue weighted by molar-refractivity contribution is -0.117. The fourth-order valence-corrected chi connectivity index (χ4v) is 4.64. The van der Waals surface area contributed by atoms with Gasteiger partial charge in [-0.05, 0) is 61.2 Å². The molecule has 2 atom stereocenters. The number of nitrogens with zero attached hydrogens (tertiary/aromatic N) is 1. The molecule has 4 N–H and O–H groups in total. The van der Waals surface area contributed by atoms with Crippen LogP contribution in [0.15, 0.2) is 72.8 Å². The van der Waals surface area contributed by atoms with E-state index in [-0.39, 0.29) is 24.2 Å². The number of hydrogen-bond donors (Lipinski definition) is 4. The Morgan fingerprint density at radius 3 is 2.50 bits per heavy atom. The highest BCUT2D eigenvalue weighted by Gasteiger charge is 2.25. The average Bonchev–Trinajstić information content (AvgIpc) is 3.35. The van der Waals surface area contributed by atoms with Crippen molar-refractivity contribution < 1.29 is 19.1 Å². The van der Waals surface area contributed by atoms with E-state index in [4.69, 9.17) is 0 Å². The Balaban J connectivity index is 1.50. The zero-order valence-corrected chi connectivity index (χ0v) is 21.6. The van der Waals surface area contributed by atoms with Gasteiger partial charge in [0.25, 0.3) is 5.91 Å². The summed E-state index contributed by atoms with van der Waals surface area (Å²) in [6.07, 6.45) is 0.859. The quantitative estimate of drug-likeness (QED) is 0.292. The number of carbonyl (C=O) groups is 2. The van der Waals surface area contributed by atoms with E-state index in [1.165, 1.54) is 12.1 Å². The molecule has 3 aromatic carbocycles. The number of aliphatic hydroxyl groups is 1. The summed E-state index contributed by atoms with van der Waals surface area (Å²) in [6, 6.07) is 20.7. The second-order valence-corrected chi connectivity index (χ2v) is 9.54. The number of anilines is 2. The summed E-state index contributed by atoms with van der Waals surface area (Å²) in [7, 11) is 0. The van der Waals surface area contributed by atoms with Gasteiger partial charge in [0.1, 0.15) is 5.82 Å². The van der Waals surface area contributed by atoms with E-state index < -0.39 is 12.1 Å². The number of halogens is 1. The largest absolute Gasteiger partial charge is 0.390 e. The Bertz CT molecular complexity index is 1220. The van der Waals surface area contributed by atoms with Crippen molar-refractivity contribution in [3.05, 3.63) is 95.3 Å². The highest BCUT2D eigenvalue weighted by Crippen LogP contribution is 2.27. The van der Waals surface area contributed by atoms with Crippen molar-refractivity contribution in [1.82, 2.24) is 10.6 Å². The lowest BCUT2D eigenvalue weighted by Gasteiger charge is -2.25. The third-order valence-corrected chi connectivity index (χ3v) is 6.62. The predicted molar refractivity (Wildman–Crippen MR) is 148 cm³/mol. The number of rotatable bonds is 12. The Morgan fingerprint density at radius 1 is 1.05 bits per heavy atom. The van der Waals surface area contributed by atoms with Crippen molar-refractivity contribution in [3.63, 3.8) is 0 Å². The molecule has 8 heteroatoms. The summed E-state index contributed by atoms with van der Waals surface area (Å²) in [5.74, 6) is -0.569. The van der Waals surface area contributed by atoms with E-state index in [1.807, 2.05) is 43.3 Å². The van der Waals surface area contributed by atoms with Crippen LogP contribution < -0.4 is 20.9 Å². The summed E-state index contributed by atoms with van der Waals surface area (Å²) >= 11 is 0. The van der Waals surface area contributed by atoms with Gasteiger partial charge in [-0.15, -0.1) is 0 Å². The minimum atomic E-state index is -0.879. The summed E-state index contributed by atoms with van der Waals surface area (Å²) in [4.78, 5) is 27.5. The Hall–Kier alpha value is -3.75. The number of nitrogens with one attached hydrogen (secondary N) is 3. The second kappa shape index (κ2) is 13.2. The number of carbonyl (C=O) groups excluding carboxylic acids is 2. The molecule has 0 radical (unpaired) electrons. The molecule has 1 aliphatic rings. The van der Waals surface area contributed by atoms with Gasteiger partial charge in [0.15, 0.2) is 0 Å². The van der Waals surface area contributed by atoms with Gasteiger partial charge in [-0.2, -0.15) is 0 Å². The first-order valence-electron chi connectivity index (χ1n) is 13.1. The summed E-state index contributed by atoms with van der Waals surface area (Å²) in [5.41, 5.74) is 3.75. The van der Waals surface area contributed by atoms with Crippen LogP contribution in [0.3, 0.4) is 0 Å². The first kappa shape index (κ1) is 27.3. The van der Waals surface area contributed by atoms with Gasteiger partial charge >= 0.3 is 0 Å². The lowest BCUT2D eigenvalue weighted by Crippen LogP contribution is -2.48. The smallest absolute Gasteiger partial charge is 0.251 e. The van der Waals surface area contributed by atoms with Gasteiger partial charge in [0.2, 0.25) is 5.91 Å². The maximum atomic E-state index is 13.5. The summed E-state index contributed by atoms with van der Waals surface area (Å²) < 4.78 is 13.2. The van der Waals surface area contributed by atoms with Crippen LogP contribution in [0.25, 0.3) is 0 Å². The van der Waals surface area contributed by atoms with Gasteiger partial charge in [-0.25, -0.2) is 4.39 Å². The summed E-state index contributed by atoms with van der Waals surface area (Å²) in [5, 5.41) is 20.6. The van der Waals surface area contributed by atoms with Crippen molar-refractivity contribution in [2.45, 2.75) is 44.9 Å². The molecule has 1 heterocycles. The maximum absolute atomic E-state index is 13.5. The Morgan fingerprint density at radius 2 is 1.82 bits per heavy atom. The van der Waals surface area contributed by atoms with E-state index in [1.54, 1.807) is 29.2 Å². The molecule has 4 rings (SSSR count). The van der Waals surface area contributed by atoms with Crippen LogP contribution in [0.4, 0.5) is 15.8 Å². The van der Waals surface area contributed by atoms with Crippen LogP contribution in [0.2, 0.25) is 0 Å². The van der Waals surface area contributed by atoms with E-state index >= 15 is 0 Å². The highest BCUT2D eigenvalue weighted by molar-refractivity contribution is 6.00. The van der Waals surface area contributed by atoms with Crippen LogP contribution in [0.1, 0.15) is 41.3 Å². The summed E-state index contributed by atoms with van der Waals surface area (Å²) in [6.45, 7) is 3.97. The first-order valence-corrected chi connectivity index (χ1v) is 13.1. The second-order valence-electron chi connectivity index (χ2n) is 9.54. The molecule has 0 saturated carbocycles. The Labute approximate surface area is 223 Å². The number of aliphatic hydroxyl groups excluding tert-OH is 1. The molecule has 0 spiro atoms. The molecule has 1 aliphatic heterocycles. The molecule has 7 nitrogen and oxygen atoms in total. The normalized spacial score (nSPS) is 14.8. The van der Waals surface area contributed by atoms with E-state index in [0.29, 0.717) is 43.7 Å². The van der Waals surface area contributed by atoms with E-state index in [0.717, 1.165) is 23.2 Å². The van der Waals surface area contributed by atoms with Crippen LogP contribution in [0, 0.1) is 5.82 Å². The van der Waals surface area contributed by atoms with Gasteiger partial charge in [-0.1, -0.05) is 42.5 Å². The third kappa shape index (κ3) is 7.40. The van der Waals surface area contributed by atoms with Crippen molar-refractivity contribution in [1.29, 1.82) is 0 Å². The molecule has 3 aromatic rings. The third-order valence-electron chi connectivity index (χ3n) is 6.62. The fourth-order valence-electron chi connectivity index (χ4n) is 4.64. The zero-order valence-electron chi connectivity index (χ0n) is 21.6. The van der Waals surface area contributed by atoms with Gasteiger partial charge in [0, 0.05) is 49.5 Å². The van der Waals surface area contributed by atoms with E-state index in [9.17, 15) is 19.1 Å². The molecule has 2 amide bonds. The first-order chi connectivity index (χ1) is 18.4. The number of amides is 2. The number of benzene rings is 3. The molecular formula is C30H35FN4O3. The van der Waals surface area contributed by atoms with Crippen LogP contribution in [0.5, 0.6) is 0 Å². The van der Waals surface area contributed by atoms with Crippen molar-refractivity contribution in [2.24, 2.45) is 0 Å². The molecule has 0 aliphatic carbocycles. The van der Waals surface area contributed by atoms with Crippen LogP contribution >= 0.6 is 0 Å². The molecule has 38 heavy (non-hydrogen) atoms. The molecule has 1 fully saturated rings. The van der Waals surface area contributed by atoms with Crippen molar-refractivity contribution in [3.8, 4) is 0 Å². The van der Waals surface area contributed by atoms with Gasteiger partial charge < -0.3 is 26.0 Å². The average molecular weight is 519 g/mol. The molecule has 1 saturated heterocycles. The van der Waals surface area contributed by atoms with Crippen molar-refractivity contribution in [2.75, 3.05) is 29.9 Å². The zero-order chi connectivity index (χ0) is 26.9. The van der Waals surface area contributed by atoms with Gasteiger partial charge in [-0.3, -0.25) is 9.59 Å². The fraction of sp³-hybridized carbons (Fsp3) is 0.333. The monoisotopic (exact) mass is 518 g/mol. The predicted octanol–water partition coefficient (Wildman–Crippen LogP) is 3.88. The maximum Gasteiger partial charge on any atom is 0.251 e. The molecule has 0 unspecified atom stereocenters. The molecule has 0 aromatic heterocycles. The van der Waals surface area contributed by atoms with Crippen LogP contribution in [-0.4, -0.2) is 48.7 Å². The molecular weight excluding hydrogens is 483 g/mol. The van der Waals surface area contributed by atoms with Crippen LogP contribution in [-0.2, 0) is 17.8 Å². The number of hydrogen-bond acceptors (Lipinski definition) is 5. The minimum Gasteiger partial charge on any atom is -0.390 e. The molecule has 200 valence electrons. The van der Waals surface area contributed by atoms with Gasteiger partial charge in [0.05, 0.1) is 12.1 Å². The standard InChI is InChI=1S/C30H35FN4O3/c1-2-33-25-16-23(17-26(18-25)35-14-6-9-29(35)37)30(38)34-27(15-21-7-4-3-5-8-21)28(36)20-32-19-22-10-12-24(31)13-11-22/h3-5,7-8,10-13,16-18,27-28,32-33,36H,2,6,9,14-15,19-20H2,1H3,(H,34,38)/t27-,28+/m0/s1. The van der Waals surface area contributed by atoms with Crippen molar-refractivity contribution >= 4 is 23.2 Å².